The van der Waals surface area contributed by atoms with Crippen molar-refractivity contribution in [3.05, 3.63) is 21.9 Å². The van der Waals surface area contributed by atoms with Crippen molar-refractivity contribution in [3.8, 4) is 0 Å². The van der Waals surface area contributed by atoms with Gasteiger partial charge in [0.15, 0.2) is 0 Å². The first kappa shape index (κ1) is 11.2. The lowest BCUT2D eigenvalue weighted by Crippen LogP contribution is -2.33. The zero-order valence-electron chi connectivity index (χ0n) is 9.75. The van der Waals surface area contributed by atoms with Crippen LogP contribution in [0.4, 0.5) is 0 Å². The van der Waals surface area contributed by atoms with E-state index in [4.69, 9.17) is 0 Å². The molecule has 2 atom stereocenters. The van der Waals surface area contributed by atoms with Crippen LogP contribution >= 0.6 is 11.3 Å². The van der Waals surface area contributed by atoms with E-state index in [1.165, 1.54) is 37.2 Å². The lowest BCUT2D eigenvalue weighted by molar-refractivity contribution is 0.249. The fourth-order valence-electron chi connectivity index (χ4n) is 2.30. The highest BCUT2D eigenvalue weighted by Gasteiger charge is 2.32. The van der Waals surface area contributed by atoms with Crippen LogP contribution in [0.25, 0.3) is 0 Å². The van der Waals surface area contributed by atoms with Gasteiger partial charge in [-0.1, -0.05) is 6.92 Å². The lowest BCUT2D eigenvalue weighted by atomic mass is 9.73. The standard InChI is InChI=1S/C13H21NS/c1-3-8-14-9-11-5-6-12(11)13-7-4-10(2)15-13/h4,7,11-12,14H,3,5-6,8-9H2,1-2H3. The van der Waals surface area contributed by atoms with Crippen LogP contribution in [0, 0.1) is 12.8 Å². The first-order chi connectivity index (χ1) is 7.31. The Hall–Kier alpha value is -0.340. The molecule has 1 aliphatic carbocycles. The quantitative estimate of drug-likeness (QED) is 0.753. The molecule has 1 aromatic heterocycles. The van der Waals surface area contributed by atoms with Gasteiger partial charge in [-0.2, -0.15) is 0 Å². The number of hydrogen-bond donors (Lipinski definition) is 1. The molecule has 0 spiro atoms. The Labute approximate surface area is 96.9 Å². The van der Waals surface area contributed by atoms with Gasteiger partial charge in [-0.05, 0) is 63.2 Å². The van der Waals surface area contributed by atoms with Crippen LogP contribution in [0.1, 0.15) is 41.9 Å². The van der Waals surface area contributed by atoms with E-state index >= 15 is 0 Å². The molecular weight excluding hydrogens is 202 g/mol. The van der Waals surface area contributed by atoms with Crippen molar-refractivity contribution in [3.63, 3.8) is 0 Å². The van der Waals surface area contributed by atoms with Crippen LogP contribution in [0.3, 0.4) is 0 Å². The molecule has 1 N–H and O–H groups in total. The molecule has 2 unspecified atom stereocenters. The zero-order chi connectivity index (χ0) is 10.7. The van der Waals surface area contributed by atoms with Crippen LogP contribution in [0.15, 0.2) is 12.1 Å². The van der Waals surface area contributed by atoms with E-state index in [1.807, 2.05) is 11.3 Å². The number of thiophene rings is 1. The van der Waals surface area contributed by atoms with E-state index in [0.29, 0.717) is 0 Å². The minimum atomic E-state index is 0.855. The van der Waals surface area contributed by atoms with Crippen LogP contribution in [-0.4, -0.2) is 13.1 Å². The molecule has 1 aromatic rings. The molecule has 15 heavy (non-hydrogen) atoms. The number of rotatable bonds is 5. The predicted octanol–water partition coefficient (Wildman–Crippen LogP) is 3.55. The predicted molar refractivity (Wildman–Crippen MR) is 67.7 cm³/mol. The van der Waals surface area contributed by atoms with E-state index in [1.54, 1.807) is 4.88 Å². The summed E-state index contributed by atoms with van der Waals surface area (Å²) in [5.74, 6) is 1.75. The van der Waals surface area contributed by atoms with Gasteiger partial charge in [0.25, 0.3) is 0 Å². The van der Waals surface area contributed by atoms with Crippen molar-refractivity contribution in [1.29, 1.82) is 0 Å². The summed E-state index contributed by atoms with van der Waals surface area (Å²) >= 11 is 1.99. The smallest absolute Gasteiger partial charge is 0.00822 e. The largest absolute Gasteiger partial charge is 0.316 e. The molecule has 1 nitrogen and oxygen atoms in total. The summed E-state index contributed by atoms with van der Waals surface area (Å²) in [4.78, 5) is 3.07. The van der Waals surface area contributed by atoms with Gasteiger partial charge < -0.3 is 5.32 Å². The normalized spacial score (nSPS) is 25.2. The molecule has 1 fully saturated rings. The van der Waals surface area contributed by atoms with Gasteiger partial charge in [0.2, 0.25) is 0 Å². The van der Waals surface area contributed by atoms with E-state index < -0.39 is 0 Å². The summed E-state index contributed by atoms with van der Waals surface area (Å²) in [6.45, 7) is 6.83. The molecule has 0 saturated heterocycles. The Bertz CT molecular complexity index is 305. The van der Waals surface area contributed by atoms with Crippen LogP contribution in [0.2, 0.25) is 0 Å². The molecule has 0 bridgehead atoms. The molecule has 0 radical (unpaired) electrons. The molecule has 0 amide bonds. The summed E-state index contributed by atoms with van der Waals surface area (Å²) < 4.78 is 0. The fourth-order valence-corrected chi connectivity index (χ4v) is 3.41. The van der Waals surface area contributed by atoms with E-state index in [0.717, 1.165) is 11.8 Å². The number of nitrogens with one attached hydrogen (secondary N) is 1. The van der Waals surface area contributed by atoms with Gasteiger partial charge in [0, 0.05) is 9.75 Å². The van der Waals surface area contributed by atoms with Gasteiger partial charge in [0.1, 0.15) is 0 Å². The fraction of sp³-hybridized carbons (Fsp3) is 0.692. The Morgan fingerprint density at radius 1 is 1.40 bits per heavy atom. The van der Waals surface area contributed by atoms with E-state index in [2.05, 4.69) is 31.3 Å². The second-order valence-electron chi connectivity index (χ2n) is 4.60. The van der Waals surface area contributed by atoms with Gasteiger partial charge in [-0.3, -0.25) is 0 Å². The number of aryl methyl sites for hydroxylation is 1. The van der Waals surface area contributed by atoms with Crippen molar-refractivity contribution in [2.24, 2.45) is 5.92 Å². The third kappa shape index (κ3) is 2.61. The van der Waals surface area contributed by atoms with Crippen LogP contribution < -0.4 is 5.32 Å². The van der Waals surface area contributed by atoms with E-state index in [9.17, 15) is 0 Å². The van der Waals surface area contributed by atoms with Crippen LogP contribution in [0.5, 0.6) is 0 Å². The summed E-state index contributed by atoms with van der Waals surface area (Å²) in [5.41, 5.74) is 0. The molecule has 0 aromatic carbocycles. The average Bonchev–Trinajstić information content (AvgIpc) is 2.57. The van der Waals surface area contributed by atoms with E-state index in [-0.39, 0.29) is 0 Å². The summed E-state index contributed by atoms with van der Waals surface area (Å²) in [7, 11) is 0. The topological polar surface area (TPSA) is 12.0 Å². The maximum Gasteiger partial charge on any atom is 0.00822 e. The van der Waals surface area contributed by atoms with Crippen molar-refractivity contribution < 1.29 is 0 Å². The van der Waals surface area contributed by atoms with Crippen molar-refractivity contribution in [2.75, 3.05) is 13.1 Å². The molecule has 1 heterocycles. The lowest BCUT2D eigenvalue weighted by Gasteiger charge is -2.36. The van der Waals surface area contributed by atoms with Gasteiger partial charge in [0.05, 0.1) is 0 Å². The maximum absolute atomic E-state index is 3.55. The Balaban J connectivity index is 1.83. The highest BCUT2D eigenvalue weighted by atomic mass is 32.1. The molecule has 2 rings (SSSR count). The first-order valence-corrected chi connectivity index (χ1v) is 6.90. The molecular formula is C13H21NS. The third-order valence-corrected chi connectivity index (χ3v) is 4.51. The summed E-state index contributed by atoms with van der Waals surface area (Å²) in [6.07, 6.45) is 4.06. The Kier molecular flexibility index (Phi) is 3.81. The second-order valence-corrected chi connectivity index (χ2v) is 5.92. The second kappa shape index (κ2) is 5.13. The number of hydrogen-bond acceptors (Lipinski definition) is 2. The minimum Gasteiger partial charge on any atom is -0.316 e. The third-order valence-electron chi connectivity index (χ3n) is 3.38. The maximum atomic E-state index is 3.55. The average molecular weight is 223 g/mol. The highest BCUT2D eigenvalue weighted by molar-refractivity contribution is 7.12. The molecule has 2 heteroatoms. The SMILES string of the molecule is CCCNCC1CCC1c1ccc(C)s1. The highest BCUT2D eigenvalue weighted by Crippen LogP contribution is 2.44. The van der Waals surface area contributed by atoms with Crippen LogP contribution in [-0.2, 0) is 0 Å². The van der Waals surface area contributed by atoms with Crippen molar-refractivity contribution in [2.45, 2.75) is 39.0 Å². The zero-order valence-corrected chi connectivity index (χ0v) is 10.6. The van der Waals surface area contributed by atoms with Crippen molar-refractivity contribution >= 4 is 11.3 Å². The molecule has 1 saturated carbocycles. The monoisotopic (exact) mass is 223 g/mol. The molecule has 84 valence electrons. The Morgan fingerprint density at radius 3 is 2.80 bits per heavy atom. The minimum absolute atomic E-state index is 0.855. The summed E-state index contributed by atoms with van der Waals surface area (Å²) in [5, 5.41) is 3.55. The van der Waals surface area contributed by atoms with Gasteiger partial charge in [-0.15, -0.1) is 11.3 Å². The molecule has 1 aliphatic rings. The molecule has 0 aliphatic heterocycles. The van der Waals surface area contributed by atoms with Gasteiger partial charge in [-0.25, -0.2) is 0 Å². The summed E-state index contributed by atoms with van der Waals surface area (Å²) in [6, 6.07) is 4.59. The Morgan fingerprint density at radius 2 is 2.27 bits per heavy atom. The van der Waals surface area contributed by atoms with Gasteiger partial charge >= 0.3 is 0 Å². The van der Waals surface area contributed by atoms with Crippen molar-refractivity contribution in [1.82, 2.24) is 5.32 Å². The first-order valence-electron chi connectivity index (χ1n) is 6.08.